The van der Waals surface area contributed by atoms with Crippen molar-refractivity contribution in [3.05, 3.63) is 40.1 Å². The van der Waals surface area contributed by atoms with E-state index in [4.69, 9.17) is 4.42 Å². The Labute approximate surface area is 89.6 Å². The predicted molar refractivity (Wildman–Crippen MR) is 54.2 cm³/mol. The highest BCUT2D eigenvalue weighted by Gasteiger charge is 2.22. The van der Waals surface area contributed by atoms with Crippen molar-refractivity contribution in [2.24, 2.45) is 0 Å². The Morgan fingerprint density at radius 3 is 2.88 bits per heavy atom. The number of rotatable bonds is 2. The number of nitro benzene ring substituents is 1. The Morgan fingerprint density at radius 2 is 2.25 bits per heavy atom. The van der Waals surface area contributed by atoms with Crippen molar-refractivity contribution in [3.63, 3.8) is 0 Å². The van der Waals surface area contributed by atoms with Crippen LogP contribution in [-0.4, -0.2) is 18.0 Å². The second-order valence-electron chi connectivity index (χ2n) is 3.05. The number of ether oxygens (including phenoxy) is 1. The van der Waals surface area contributed by atoms with Crippen LogP contribution in [0.5, 0.6) is 0 Å². The number of nitrogens with zero attached hydrogens (tertiary/aromatic N) is 1. The zero-order chi connectivity index (χ0) is 11.7. The monoisotopic (exact) mass is 221 g/mol. The van der Waals surface area contributed by atoms with E-state index in [1.165, 1.54) is 19.2 Å². The van der Waals surface area contributed by atoms with Crippen LogP contribution in [0.3, 0.4) is 0 Å². The van der Waals surface area contributed by atoms with Crippen LogP contribution in [0.15, 0.2) is 28.9 Å². The summed E-state index contributed by atoms with van der Waals surface area (Å²) in [5, 5.41) is 11.0. The van der Waals surface area contributed by atoms with E-state index < -0.39 is 10.9 Å². The van der Waals surface area contributed by atoms with Crippen LogP contribution in [0.25, 0.3) is 11.0 Å². The molecule has 16 heavy (non-hydrogen) atoms. The Morgan fingerprint density at radius 1 is 1.50 bits per heavy atom. The van der Waals surface area contributed by atoms with Gasteiger partial charge in [-0.25, -0.2) is 4.79 Å². The van der Waals surface area contributed by atoms with Gasteiger partial charge in [0.25, 0.3) is 5.69 Å². The average Bonchev–Trinajstić information content (AvgIpc) is 2.71. The molecule has 0 bridgehead atoms. The number of methoxy groups -OCH3 is 1. The van der Waals surface area contributed by atoms with Crippen LogP contribution in [0.4, 0.5) is 5.69 Å². The smallest absolute Gasteiger partial charge is 0.342 e. The molecule has 0 aliphatic carbocycles. The molecule has 0 radical (unpaired) electrons. The number of hydrogen-bond donors (Lipinski definition) is 0. The normalized spacial score (nSPS) is 10.3. The van der Waals surface area contributed by atoms with E-state index in [0.29, 0.717) is 0 Å². The number of fused-ring (bicyclic) bond motifs is 1. The van der Waals surface area contributed by atoms with Crippen LogP contribution in [0.2, 0.25) is 0 Å². The van der Waals surface area contributed by atoms with Crippen LogP contribution in [-0.2, 0) is 4.74 Å². The lowest BCUT2D eigenvalue weighted by Crippen LogP contribution is -2.00. The molecule has 2 rings (SSSR count). The molecule has 1 heterocycles. The molecular formula is C10H7NO5. The summed E-state index contributed by atoms with van der Waals surface area (Å²) in [5.41, 5.74) is 0.172. The lowest BCUT2D eigenvalue weighted by molar-refractivity contribution is -0.383. The molecule has 0 unspecified atom stereocenters. The molecule has 1 aromatic carbocycles. The van der Waals surface area contributed by atoms with Gasteiger partial charge in [0.15, 0.2) is 0 Å². The third-order valence-corrected chi connectivity index (χ3v) is 2.18. The highest BCUT2D eigenvalue weighted by molar-refractivity contribution is 6.06. The van der Waals surface area contributed by atoms with Crippen LogP contribution in [0.1, 0.15) is 10.4 Å². The molecular weight excluding hydrogens is 214 g/mol. The summed E-state index contributed by atoms with van der Waals surface area (Å²) in [6, 6.07) is 4.35. The maximum atomic E-state index is 11.4. The molecule has 0 saturated heterocycles. The van der Waals surface area contributed by atoms with Gasteiger partial charge in [-0.15, -0.1) is 0 Å². The maximum absolute atomic E-state index is 11.4. The molecule has 0 saturated carbocycles. The summed E-state index contributed by atoms with van der Waals surface area (Å²) in [5.74, 6) is -0.659. The number of carbonyl (C=O) groups excluding carboxylic acids is 1. The van der Waals surface area contributed by atoms with Crippen molar-refractivity contribution < 1.29 is 18.9 Å². The minimum atomic E-state index is -0.659. The highest BCUT2D eigenvalue weighted by Crippen LogP contribution is 2.30. The van der Waals surface area contributed by atoms with Crippen LogP contribution in [0, 0.1) is 10.1 Å². The lowest BCUT2D eigenvalue weighted by atomic mass is 10.1. The summed E-state index contributed by atoms with van der Waals surface area (Å²) in [6.45, 7) is 0. The number of benzene rings is 1. The molecule has 0 atom stereocenters. The molecule has 0 aliphatic rings. The number of hydrogen-bond acceptors (Lipinski definition) is 5. The third-order valence-electron chi connectivity index (χ3n) is 2.18. The van der Waals surface area contributed by atoms with Crippen molar-refractivity contribution in [2.45, 2.75) is 0 Å². The van der Waals surface area contributed by atoms with E-state index in [1.807, 2.05) is 0 Å². The van der Waals surface area contributed by atoms with Gasteiger partial charge in [-0.3, -0.25) is 10.1 Å². The zero-order valence-corrected chi connectivity index (χ0v) is 8.30. The summed E-state index contributed by atoms with van der Waals surface area (Å²) in [4.78, 5) is 21.6. The Hall–Kier alpha value is -2.37. The largest absolute Gasteiger partial charge is 0.465 e. The van der Waals surface area contributed by atoms with E-state index in [0.717, 1.165) is 6.26 Å². The highest BCUT2D eigenvalue weighted by atomic mass is 16.6. The number of nitro groups is 1. The van der Waals surface area contributed by atoms with Crippen molar-refractivity contribution in [1.29, 1.82) is 0 Å². The number of esters is 1. The molecule has 6 nitrogen and oxygen atoms in total. The fourth-order valence-electron chi connectivity index (χ4n) is 1.48. The molecule has 0 fully saturated rings. The van der Waals surface area contributed by atoms with Gasteiger partial charge in [0.05, 0.1) is 12.0 Å². The summed E-state index contributed by atoms with van der Waals surface area (Å²) in [6.07, 6.45) is 1.16. The van der Waals surface area contributed by atoms with Gasteiger partial charge in [0.2, 0.25) is 0 Å². The maximum Gasteiger partial charge on any atom is 0.342 e. The summed E-state index contributed by atoms with van der Waals surface area (Å²) >= 11 is 0. The van der Waals surface area contributed by atoms with Crippen LogP contribution >= 0.6 is 0 Å². The third kappa shape index (κ3) is 1.40. The Kier molecular flexibility index (Phi) is 2.32. The van der Waals surface area contributed by atoms with Crippen molar-refractivity contribution in [2.75, 3.05) is 7.11 Å². The average molecular weight is 221 g/mol. The topological polar surface area (TPSA) is 82.6 Å². The van der Waals surface area contributed by atoms with Gasteiger partial charge in [0.1, 0.15) is 22.8 Å². The fraction of sp³-hybridized carbons (Fsp3) is 0.100. The van der Waals surface area contributed by atoms with Gasteiger partial charge >= 0.3 is 5.97 Å². The van der Waals surface area contributed by atoms with Gasteiger partial charge in [-0.2, -0.15) is 0 Å². The molecule has 0 N–H and O–H groups in total. The molecule has 0 spiro atoms. The number of furan rings is 1. The summed E-state index contributed by atoms with van der Waals surface area (Å²) in [7, 11) is 1.20. The standard InChI is InChI=1S/C10H7NO5/c1-15-10(12)6-5-16-8-4-2-3-7(9(6)8)11(13)14/h2-5H,1H3. The zero-order valence-electron chi connectivity index (χ0n) is 8.30. The second-order valence-corrected chi connectivity index (χ2v) is 3.05. The number of non-ortho nitro benzene ring substituents is 1. The molecule has 0 aliphatic heterocycles. The van der Waals surface area contributed by atoms with E-state index >= 15 is 0 Å². The molecule has 6 heteroatoms. The summed E-state index contributed by atoms with van der Waals surface area (Å²) < 4.78 is 9.57. The molecule has 2 aromatic rings. The minimum Gasteiger partial charge on any atom is -0.465 e. The number of carbonyl (C=O) groups is 1. The Balaban J connectivity index is 2.77. The van der Waals surface area contributed by atoms with E-state index in [1.54, 1.807) is 6.07 Å². The van der Waals surface area contributed by atoms with Gasteiger partial charge in [-0.1, -0.05) is 6.07 Å². The lowest BCUT2D eigenvalue weighted by Gasteiger charge is -1.96. The van der Waals surface area contributed by atoms with Gasteiger partial charge < -0.3 is 9.15 Å². The molecule has 82 valence electrons. The fourth-order valence-corrected chi connectivity index (χ4v) is 1.48. The predicted octanol–water partition coefficient (Wildman–Crippen LogP) is 2.13. The second kappa shape index (κ2) is 3.65. The van der Waals surface area contributed by atoms with Crippen molar-refractivity contribution >= 4 is 22.6 Å². The van der Waals surface area contributed by atoms with Gasteiger partial charge in [0, 0.05) is 6.07 Å². The Bertz CT molecular complexity index is 572. The van der Waals surface area contributed by atoms with Crippen molar-refractivity contribution in [1.82, 2.24) is 0 Å². The van der Waals surface area contributed by atoms with E-state index in [9.17, 15) is 14.9 Å². The first kappa shape index (κ1) is 10.2. The first-order valence-electron chi connectivity index (χ1n) is 4.38. The van der Waals surface area contributed by atoms with E-state index in [2.05, 4.69) is 4.74 Å². The molecule has 0 amide bonds. The molecule has 1 aromatic heterocycles. The van der Waals surface area contributed by atoms with Crippen molar-refractivity contribution in [3.8, 4) is 0 Å². The van der Waals surface area contributed by atoms with Crippen LogP contribution < -0.4 is 0 Å². The quantitative estimate of drug-likeness (QED) is 0.440. The van der Waals surface area contributed by atoms with Gasteiger partial charge in [-0.05, 0) is 6.07 Å². The SMILES string of the molecule is COC(=O)c1coc2cccc([N+](=O)[O-])c12. The minimum absolute atomic E-state index is 0.0600. The first-order chi connectivity index (χ1) is 7.65. The van der Waals surface area contributed by atoms with E-state index in [-0.39, 0.29) is 22.2 Å². The first-order valence-corrected chi connectivity index (χ1v) is 4.38.